The van der Waals surface area contributed by atoms with Crippen LogP contribution in [0.15, 0.2) is 84.9 Å². The van der Waals surface area contributed by atoms with Crippen LogP contribution in [-0.2, 0) is 13.1 Å². The first-order chi connectivity index (χ1) is 21.0. The van der Waals surface area contributed by atoms with Crippen molar-refractivity contribution in [3.8, 4) is 0 Å². The van der Waals surface area contributed by atoms with Crippen LogP contribution in [0.3, 0.4) is 0 Å². The number of hydrogen-bond donors (Lipinski definition) is 0. The molecule has 0 N–H and O–H groups in total. The Bertz CT molecular complexity index is 1590. The third-order valence-corrected chi connectivity index (χ3v) is 8.83. The lowest BCUT2D eigenvalue weighted by molar-refractivity contribution is -0.902. The molecule has 8 heteroatoms. The van der Waals surface area contributed by atoms with E-state index < -0.39 is 23.6 Å². The highest BCUT2D eigenvalue weighted by Crippen LogP contribution is 2.38. The van der Waals surface area contributed by atoms with E-state index in [-0.39, 0.29) is 13.1 Å². The monoisotopic (exact) mass is 590 g/mol. The summed E-state index contributed by atoms with van der Waals surface area (Å²) in [5, 5.41) is 0.816. The van der Waals surface area contributed by atoms with Crippen LogP contribution >= 0.6 is 0 Å². The average molecular weight is 591 g/mol. The smallest absolute Gasteiger partial charge is 0.261 e. The van der Waals surface area contributed by atoms with E-state index in [1.807, 2.05) is 36.4 Å². The molecule has 0 saturated heterocycles. The Morgan fingerprint density at radius 1 is 0.455 bits per heavy atom. The third kappa shape index (κ3) is 5.42. The number of hydrogen-bond acceptors (Lipinski definition) is 4. The van der Waals surface area contributed by atoms with Crippen molar-refractivity contribution in [3.05, 3.63) is 118 Å². The van der Waals surface area contributed by atoms with Crippen molar-refractivity contribution in [1.29, 1.82) is 0 Å². The Kier molecular flexibility index (Phi) is 7.43. The molecular formula is C36H38N4O4+2. The van der Waals surface area contributed by atoms with E-state index in [9.17, 15) is 19.2 Å². The Morgan fingerprint density at radius 2 is 0.750 bits per heavy atom. The number of carbonyl (C=O) groups is 4. The fraction of sp³-hybridized carbons (Fsp3) is 0.278. The Morgan fingerprint density at radius 3 is 1.05 bits per heavy atom. The molecule has 0 spiro atoms. The second-order valence-electron chi connectivity index (χ2n) is 13.2. The lowest BCUT2D eigenvalue weighted by Gasteiger charge is -2.35. The number of amides is 4. The topological polar surface area (TPSA) is 74.8 Å². The molecule has 0 fully saturated rings. The van der Waals surface area contributed by atoms with Gasteiger partial charge >= 0.3 is 0 Å². The van der Waals surface area contributed by atoms with Gasteiger partial charge in [0.25, 0.3) is 23.6 Å². The summed E-state index contributed by atoms with van der Waals surface area (Å²) in [6.07, 6.45) is 0. The highest BCUT2D eigenvalue weighted by Gasteiger charge is 2.40. The average Bonchev–Trinajstić information content (AvgIpc) is 2.99. The summed E-state index contributed by atoms with van der Waals surface area (Å²) in [5.74, 6) is -1.58. The largest absolute Gasteiger partial charge is 0.323 e. The zero-order valence-corrected chi connectivity index (χ0v) is 25.7. The van der Waals surface area contributed by atoms with Crippen molar-refractivity contribution in [3.63, 3.8) is 0 Å². The fourth-order valence-electron chi connectivity index (χ4n) is 6.44. The lowest BCUT2D eigenvalue weighted by atomic mass is 9.86. The Labute approximate surface area is 257 Å². The maximum atomic E-state index is 13.7. The first-order valence-electron chi connectivity index (χ1n) is 15.0. The third-order valence-electron chi connectivity index (χ3n) is 8.83. The zero-order valence-electron chi connectivity index (χ0n) is 25.7. The summed E-state index contributed by atoms with van der Waals surface area (Å²) >= 11 is 0. The van der Waals surface area contributed by atoms with Crippen molar-refractivity contribution in [2.24, 2.45) is 0 Å². The number of likely N-dealkylation sites (N-methyl/N-ethyl adjacent to an activating group) is 2. The fourth-order valence-corrected chi connectivity index (χ4v) is 6.44. The van der Waals surface area contributed by atoms with Crippen LogP contribution in [-0.4, -0.2) is 96.8 Å². The number of carbonyl (C=O) groups excluding carboxylic acids is 4. The zero-order chi connectivity index (χ0) is 31.2. The standard InChI is InChI=1S/C36H38N4O4/c1-39(2,23-25-11-7-5-8-12-25)21-19-37-33(41)27-15-17-29-32-30(18-16-28(31(27)32)34(37)42)36(44)38(35(29)43)20-22-40(3,4)24-26-13-9-6-10-14-26/h5-18H,19-24H2,1-4H3/q+2. The summed E-state index contributed by atoms with van der Waals surface area (Å²) in [6, 6.07) is 26.8. The van der Waals surface area contributed by atoms with E-state index >= 15 is 0 Å². The van der Waals surface area contributed by atoms with Crippen LogP contribution in [0.25, 0.3) is 10.8 Å². The van der Waals surface area contributed by atoms with Crippen LogP contribution in [0.4, 0.5) is 0 Å². The summed E-state index contributed by atoms with van der Waals surface area (Å²) in [5.41, 5.74) is 3.76. The summed E-state index contributed by atoms with van der Waals surface area (Å²) in [4.78, 5) is 57.5. The number of benzene rings is 4. The molecule has 0 aromatic heterocycles. The molecule has 0 bridgehead atoms. The molecule has 4 aromatic carbocycles. The van der Waals surface area contributed by atoms with Gasteiger partial charge in [-0.1, -0.05) is 60.7 Å². The molecule has 0 aliphatic carbocycles. The van der Waals surface area contributed by atoms with Crippen molar-refractivity contribution in [1.82, 2.24) is 9.80 Å². The number of rotatable bonds is 10. The van der Waals surface area contributed by atoms with Crippen molar-refractivity contribution >= 4 is 34.4 Å². The normalized spacial score (nSPS) is 15.0. The quantitative estimate of drug-likeness (QED) is 0.200. The van der Waals surface area contributed by atoms with Gasteiger partial charge in [-0.3, -0.25) is 29.0 Å². The SMILES string of the molecule is C[N+](C)(CCN1C(=O)c2ccc3c4c(ccc(c24)C1=O)C(=O)N(CC[N+](C)(C)Cc1ccccc1)C3=O)Cc1ccccc1. The van der Waals surface area contributed by atoms with Gasteiger partial charge in [0.15, 0.2) is 0 Å². The molecule has 8 nitrogen and oxygen atoms in total. The van der Waals surface area contributed by atoms with Gasteiger partial charge in [-0.05, 0) is 24.3 Å². The Hall–Kier alpha value is -4.66. The van der Waals surface area contributed by atoms with E-state index in [1.165, 1.54) is 20.9 Å². The highest BCUT2D eigenvalue weighted by atomic mass is 16.2. The minimum atomic E-state index is -0.395. The van der Waals surface area contributed by atoms with E-state index in [4.69, 9.17) is 0 Å². The van der Waals surface area contributed by atoms with Gasteiger partial charge in [0.2, 0.25) is 0 Å². The molecule has 0 atom stereocenters. The van der Waals surface area contributed by atoms with Gasteiger partial charge in [0, 0.05) is 44.2 Å². The molecule has 44 heavy (non-hydrogen) atoms. The molecular weight excluding hydrogens is 552 g/mol. The van der Waals surface area contributed by atoms with E-state index in [0.717, 1.165) is 13.1 Å². The van der Waals surface area contributed by atoms with Crippen molar-refractivity contribution in [2.45, 2.75) is 13.1 Å². The molecule has 4 aromatic rings. The molecule has 224 valence electrons. The minimum Gasteiger partial charge on any atom is -0.323 e. The van der Waals surface area contributed by atoms with Crippen LogP contribution < -0.4 is 0 Å². The van der Waals surface area contributed by atoms with Gasteiger partial charge in [-0.15, -0.1) is 0 Å². The van der Waals surface area contributed by atoms with E-state index in [2.05, 4.69) is 52.5 Å². The van der Waals surface area contributed by atoms with E-state index in [1.54, 1.807) is 24.3 Å². The Balaban J connectivity index is 1.23. The maximum Gasteiger partial charge on any atom is 0.261 e. The van der Waals surface area contributed by atoms with Gasteiger partial charge < -0.3 is 8.97 Å². The molecule has 2 aliphatic rings. The van der Waals surface area contributed by atoms with Crippen LogP contribution in [0, 0.1) is 0 Å². The summed E-state index contributed by atoms with van der Waals surface area (Å²) < 4.78 is 1.20. The van der Waals surface area contributed by atoms with Crippen LogP contribution in [0.2, 0.25) is 0 Å². The van der Waals surface area contributed by atoms with E-state index in [0.29, 0.717) is 55.1 Å². The molecule has 2 heterocycles. The van der Waals surface area contributed by atoms with Crippen LogP contribution in [0.5, 0.6) is 0 Å². The minimum absolute atomic E-state index is 0.255. The van der Waals surface area contributed by atoms with Crippen molar-refractivity contribution in [2.75, 3.05) is 54.4 Å². The molecule has 0 unspecified atom stereocenters. The van der Waals surface area contributed by atoms with Gasteiger partial charge in [-0.25, -0.2) is 0 Å². The summed E-state index contributed by atoms with van der Waals surface area (Å²) in [7, 11) is 8.32. The second-order valence-corrected chi connectivity index (χ2v) is 13.2. The van der Waals surface area contributed by atoms with Gasteiger partial charge in [-0.2, -0.15) is 0 Å². The lowest BCUT2D eigenvalue weighted by Crippen LogP contribution is -2.50. The number of nitrogens with zero attached hydrogens (tertiary/aromatic N) is 4. The molecule has 0 radical (unpaired) electrons. The molecule has 6 rings (SSSR count). The second kappa shape index (κ2) is 11.1. The maximum absolute atomic E-state index is 13.7. The van der Waals surface area contributed by atoms with Gasteiger partial charge in [0.05, 0.1) is 54.4 Å². The molecule has 4 amide bonds. The number of imide groups is 2. The first-order valence-corrected chi connectivity index (χ1v) is 15.0. The van der Waals surface area contributed by atoms with Gasteiger partial charge in [0.1, 0.15) is 13.1 Å². The first kappa shape index (κ1) is 29.4. The van der Waals surface area contributed by atoms with Crippen LogP contribution in [0.1, 0.15) is 52.6 Å². The molecule has 2 aliphatic heterocycles. The predicted molar refractivity (Wildman–Crippen MR) is 169 cm³/mol. The number of quaternary nitrogens is 2. The molecule has 0 saturated carbocycles. The predicted octanol–water partition coefficient (Wildman–Crippen LogP) is 4.59. The summed E-state index contributed by atoms with van der Waals surface area (Å²) in [6.45, 7) is 3.19. The highest BCUT2D eigenvalue weighted by molar-refractivity contribution is 6.33. The van der Waals surface area contributed by atoms with Crippen molar-refractivity contribution < 1.29 is 28.1 Å².